The van der Waals surface area contributed by atoms with Crippen LogP contribution in [0.3, 0.4) is 0 Å². The second-order valence-corrected chi connectivity index (χ2v) is 5.22. The lowest BCUT2D eigenvalue weighted by Crippen LogP contribution is -2.17. The highest BCUT2D eigenvalue weighted by Gasteiger charge is 2.16. The Bertz CT molecular complexity index is 586. The first-order valence-electron chi connectivity index (χ1n) is 6.60. The summed E-state index contributed by atoms with van der Waals surface area (Å²) in [5.74, 6) is 1.77. The Hall–Kier alpha value is -2.00. The quantitative estimate of drug-likeness (QED) is 0.629. The highest BCUT2D eigenvalue weighted by molar-refractivity contribution is 9.10. The van der Waals surface area contributed by atoms with Crippen molar-refractivity contribution < 1.29 is 9.59 Å². The molecule has 1 heterocycles. The summed E-state index contributed by atoms with van der Waals surface area (Å²) in [7, 11) is 0. The number of hydrogen-bond acceptors (Lipinski definition) is 3. The van der Waals surface area contributed by atoms with Gasteiger partial charge in [-0.3, -0.25) is 9.59 Å². The van der Waals surface area contributed by atoms with Gasteiger partial charge in [0.2, 0.25) is 5.91 Å². The molecule has 112 valence electrons. The summed E-state index contributed by atoms with van der Waals surface area (Å²) in [5.41, 5.74) is 6.83. The van der Waals surface area contributed by atoms with Gasteiger partial charge in [-0.1, -0.05) is 15.9 Å². The molecule has 0 spiro atoms. The van der Waals surface area contributed by atoms with Crippen LogP contribution in [-0.4, -0.2) is 29.8 Å². The van der Waals surface area contributed by atoms with Crippen molar-refractivity contribution in [2.24, 2.45) is 5.73 Å². The molecule has 0 saturated carbocycles. The van der Waals surface area contributed by atoms with E-state index >= 15 is 0 Å². The molecule has 0 atom stereocenters. The molecule has 21 heavy (non-hydrogen) atoms. The average molecular weight is 352 g/mol. The molecule has 1 aromatic carbocycles. The van der Waals surface area contributed by atoms with Gasteiger partial charge >= 0.3 is 0 Å². The molecule has 2 amide bonds. The van der Waals surface area contributed by atoms with Gasteiger partial charge in [-0.2, -0.15) is 0 Å². The van der Waals surface area contributed by atoms with Crippen LogP contribution in [0, 0.1) is 12.0 Å². The molecule has 2 rings (SSSR count). The number of fused-ring (bicyclic) bond motifs is 1. The predicted molar refractivity (Wildman–Crippen MR) is 86.4 cm³/mol. The Labute approximate surface area is 133 Å². The van der Waals surface area contributed by atoms with Crippen molar-refractivity contribution in [3.05, 3.63) is 28.2 Å². The average Bonchev–Trinajstić information content (AvgIpc) is 2.79. The number of nitrogens with one attached hydrogen (secondary N) is 1. The fraction of sp³-hybridized carbons (Fsp3) is 0.333. The van der Waals surface area contributed by atoms with Gasteiger partial charge in [-0.05, 0) is 37.6 Å². The number of carbonyl (C=O) groups excluding carboxylic acids is 2. The van der Waals surface area contributed by atoms with E-state index in [1.807, 2.05) is 36.9 Å². The zero-order chi connectivity index (χ0) is 15.8. The molecule has 0 radical (unpaired) electrons. The number of halogens is 1. The molecule has 5 nitrogen and oxygen atoms in total. The van der Waals surface area contributed by atoms with Crippen LogP contribution in [0.5, 0.6) is 0 Å². The lowest BCUT2D eigenvalue weighted by molar-refractivity contribution is -0.115. The Morgan fingerprint density at radius 1 is 1.43 bits per heavy atom. The van der Waals surface area contributed by atoms with Gasteiger partial charge < -0.3 is 16.0 Å². The highest BCUT2D eigenvalue weighted by Crippen LogP contribution is 2.25. The molecule has 6 heteroatoms. The van der Waals surface area contributed by atoms with Crippen LogP contribution in [-0.2, 0) is 16.0 Å². The zero-order valence-corrected chi connectivity index (χ0v) is 13.7. The summed E-state index contributed by atoms with van der Waals surface area (Å²) in [6.07, 6.45) is 0.509. The summed E-state index contributed by atoms with van der Waals surface area (Å²) in [6, 6.07) is 8.42. The molecule has 0 aromatic heterocycles. The highest BCUT2D eigenvalue weighted by atomic mass is 79.9. The number of hydrogen-bond donors (Lipinski definition) is 2. The van der Waals surface area contributed by atoms with E-state index in [1.165, 1.54) is 0 Å². The fourth-order valence-corrected chi connectivity index (χ4v) is 2.12. The Kier molecular flexibility index (Phi) is 6.76. The standard InChI is InChI=1S/C8H6BrNO.C7H12N2O/c9-6-1-2-7-5(3-6)4-8(11)10-7;1-3-9(4-2)6-5-7(8)10/h1-3H,4H2,(H,10,11);3-4H2,1-2H3,(H2,8,10). The van der Waals surface area contributed by atoms with E-state index in [4.69, 9.17) is 5.73 Å². The van der Waals surface area contributed by atoms with E-state index < -0.39 is 5.91 Å². The van der Waals surface area contributed by atoms with Crippen LogP contribution < -0.4 is 11.1 Å². The van der Waals surface area contributed by atoms with Crippen molar-refractivity contribution in [1.82, 2.24) is 4.90 Å². The Morgan fingerprint density at radius 3 is 2.67 bits per heavy atom. The summed E-state index contributed by atoms with van der Waals surface area (Å²) < 4.78 is 1.02. The van der Waals surface area contributed by atoms with Crippen molar-refractivity contribution in [3.63, 3.8) is 0 Å². The summed E-state index contributed by atoms with van der Waals surface area (Å²) in [5, 5.41) is 2.76. The van der Waals surface area contributed by atoms with Crippen molar-refractivity contribution in [1.29, 1.82) is 0 Å². The molecule has 1 aliphatic rings. The summed E-state index contributed by atoms with van der Waals surface area (Å²) >= 11 is 3.35. The Morgan fingerprint density at radius 2 is 2.10 bits per heavy atom. The maximum atomic E-state index is 10.9. The second kappa shape index (κ2) is 8.32. The van der Waals surface area contributed by atoms with E-state index in [-0.39, 0.29) is 5.91 Å². The normalized spacial score (nSPS) is 11.3. The minimum absolute atomic E-state index is 0.0816. The first-order chi connectivity index (χ1) is 9.96. The number of rotatable bonds is 2. The van der Waals surface area contributed by atoms with E-state index in [9.17, 15) is 9.59 Å². The second-order valence-electron chi connectivity index (χ2n) is 4.30. The maximum absolute atomic E-state index is 10.9. The molecule has 1 aliphatic heterocycles. The van der Waals surface area contributed by atoms with Gasteiger partial charge in [0.1, 0.15) is 0 Å². The van der Waals surface area contributed by atoms with Gasteiger partial charge in [0.25, 0.3) is 5.91 Å². The first-order valence-corrected chi connectivity index (χ1v) is 7.39. The van der Waals surface area contributed by atoms with Crippen molar-refractivity contribution in [2.45, 2.75) is 20.3 Å². The predicted octanol–water partition coefficient (Wildman–Crippen LogP) is 1.72. The number of amides is 2. The topological polar surface area (TPSA) is 75.4 Å². The number of carbonyl (C=O) groups is 2. The summed E-state index contributed by atoms with van der Waals surface area (Å²) in [6.45, 7) is 5.58. The SMILES string of the molecule is CCN(C#CC(N)=O)CC.O=C1Cc2cc(Br)ccc2N1. The van der Waals surface area contributed by atoms with E-state index in [0.717, 1.165) is 28.8 Å². The third kappa shape index (κ3) is 5.88. The van der Waals surface area contributed by atoms with Gasteiger partial charge in [0.15, 0.2) is 0 Å². The van der Waals surface area contributed by atoms with Crippen molar-refractivity contribution in [3.8, 4) is 12.0 Å². The number of primary amides is 1. The van der Waals surface area contributed by atoms with Crippen LogP contribution in [0.2, 0.25) is 0 Å². The smallest absolute Gasteiger partial charge is 0.295 e. The maximum Gasteiger partial charge on any atom is 0.295 e. The van der Waals surface area contributed by atoms with E-state index in [0.29, 0.717) is 6.42 Å². The molecule has 3 N–H and O–H groups in total. The molecular formula is C15H18BrN3O2. The number of nitrogens with zero attached hydrogens (tertiary/aromatic N) is 1. The van der Waals surface area contributed by atoms with E-state index in [1.54, 1.807) is 0 Å². The van der Waals surface area contributed by atoms with Crippen LogP contribution >= 0.6 is 15.9 Å². The molecule has 0 fully saturated rings. The molecule has 0 aliphatic carbocycles. The fourth-order valence-electron chi connectivity index (χ4n) is 1.71. The molecule has 0 bridgehead atoms. The van der Waals surface area contributed by atoms with Crippen LogP contribution in [0.15, 0.2) is 22.7 Å². The van der Waals surface area contributed by atoms with E-state index in [2.05, 4.69) is 33.2 Å². The minimum atomic E-state index is -0.577. The van der Waals surface area contributed by atoms with Gasteiger partial charge in [0, 0.05) is 35.2 Å². The third-order valence-electron chi connectivity index (χ3n) is 2.79. The first kappa shape index (κ1) is 17.1. The van der Waals surface area contributed by atoms with Crippen molar-refractivity contribution in [2.75, 3.05) is 18.4 Å². The number of nitrogens with two attached hydrogens (primary N) is 1. The van der Waals surface area contributed by atoms with Crippen LogP contribution in [0.4, 0.5) is 5.69 Å². The van der Waals surface area contributed by atoms with Crippen LogP contribution in [0.1, 0.15) is 19.4 Å². The number of anilines is 1. The molecule has 1 aromatic rings. The summed E-state index contributed by atoms with van der Waals surface area (Å²) in [4.78, 5) is 22.9. The largest absolute Gasteiger partial charge is 0.359 e. The zero-order valence-electron chi connectivity index (χ0n) is 12.1. The molecular weight excluding hydrogens is 334 g/mol. The lowest BCUT2D eigenvalue weighted by atomic mass is 10.2. The third-order valence-corrected chi connectivity index (χ3v) is 3.29. The van der Waals surface area contributed by atoms with Crippen molar-refractivity contribution >= 4 is 33.4 Å². The monoisotopic (exact) mass is 351 g/mol. The van der Waals surface area contributed by atoms with Gasteiger partial charge in [-0.25, -0.2) is 0 Å². The van der Waals surface area contributed by atoms with Gasteiger partial charge in [0.05, 0.1) is 6.42 Å². The Balaban J connectivity index is 0.000000212. The molecule has 0 unspecified atom stereocenters. The lowest BCUT2D eigenvalue weighted by Gasteiger charge is -2.09. The van der Waals surface area contributed by atoms with Crippen LogP contribution in [0.25, 0.3) is 0 Å². The number of benzene rings is 1. The molecule has 0 saturated heterocycles. The van der Waals surface area contributed by atoms with Gasteiger partial charge in [-0.15, -0.1) is 0 Å². The minimum Gasteiger partial charge on any atom is -0.359 e.